The largest absolute Gasteiger partial charge is 0.313 e. The fourth-order valence-corrected chi connectivity index (χ4v) is 3.07. The van der Waals surface area contributed by atoms with Gasteiger partial charge in [0.25, 0.3) is 0 Å². The van der Waals surface area contributed by atoms with Crippen molar-refractivity contribution in [1.82, 2.24) is 10.2 Å². The molecule has 3 heteroatoms. The second kappa shape index (κ2) is 7.75. The zero-order valence-corrected chi connectivity index (χ0v) is 12.7. The van der Waals surface area contributed by atoms with Gasteiger partial charge in [-0.1, -0.05) is 19.1 Å². The van der Waals surface area contributed by atoms with E-state index in [1.807, 2.05) is 12.1 Å². The molecule has 2 unspecified atom stereocenters. The summed E-state index contributed by atoms with van der Waals surface area (Å²) in [7, 11) is 0. The monoisotopic (exact) mass is 278 g/mol. The first-order chi connectivity index (χ1) is 9.69. The molecule has 2 rings (SSSR count). The van der Waals surface area contributed by atoms with Crippen LogP contribution in [0.5, 0.6) is 0 Å². The molecule has 1 N–H and O–H groups in total. The van der Waals surface area contributed by atoms with E-state index in [0.717, 1.165) is 26.1 Å². The molecule has 2 nitrogen and oxygen atoms in total. The molecule has 1 aromatic carbocycles. The predicted octanol–water partition coefficient (Wildman–Crippen LogP) is 3.22. The number of benzene rings is 1. The fourth-order valence-electron chi connectivity index (χ4n) is 3.07. The summed E-state index contributed by atoms with van der Waals surface area (Å²) in [6.07, 6.45) is 4.77. The highest BCUT2D eigenvalue weighted by Crippen LogP contribution is 2.14. The summed E-state index contributed by atoms with van der Waals surface area (Å²) in [5.74, 6) is -0.151. The summed E-state index contributed by atoms with van der Waals surface area (Å²) >= 11 is 0. The van der Waals surface area contributed by atoms with E-state index in [4.69, 9.17) is 0 Å². The van der Waals surface area contributed by atoms with E-state index in [1.165, 1.54) is 24.8 Å². The summed E-state index contributed by atoms with van der Waals surface area (Å²) in [6.45, 7) is 7.96. The number of hydrogen-bond donors (Lipinski definition) is 1. The lowest BCUT2D eigenvalue weighted by atomic mass is 10.0. The topological polar surface area (TPSA) is 15.3 Å². The van der Waals surface area contributed by atoms with Crippen LogP contribution < -0.4 is 5.32 Å². The Morgan fingerprint density at radius 3 is 2.70 bits per heavy atom. The molecule has 0 aliphatic carbocycles. The Balaban J connectivity index is 1.91. The minimum absolute atomic E-state index is 0.151. The first kappa shape index (κ1) is 15.5. The molecule has 2 atom stereocenters. The van der Waals surface area contributed by atoms with Crippen molar-refractivity contribution in [2.24, 2.45) is 0 Å². The van der Waals surface area contributed by atoms with Crippen LogP contribution in [-0.2, 0) is 6.42 Å². The molecular weight excluding hydrogens is 251 g/mol. The third-order valence-electron chi connectivity index (χ3n) is 4.20. The first-order valence-electron chi connectivity index (χ1n) is 7.91. The molecule has 0 aromatic heterocycles. The molecule has 0 spiro atoms. The molecular formula is C17H27FN2. The van der Waals surface area contributed by atoms with Crippen LogP contribution in [0.3, 0.4) is 0 Å². The molecule has 0 saturated carbocycles. The van der Waals surface area contributed by atoms with Crippen LogP contribution in [0, 0.1) is 5.82 Å². The van der Waals surface area contributed by atoms with E-state index in [9.17, 15) is 4.39 Å². The SMILES string of the molecule is CCCN(CC1CCCN1)C(C)Cc1ccc(F)cc1. The van der Waals surface area contributed by atoms with Crippen molar-refractivity contribution < 1.29 is 4.39 Å². The first-order valence-corrected chi connectivity index (χ1v) is 7.91. The number of hydrogen-bond acceptors (Lipinski definition) is 2. The normalized spacial score (nSPS) is 20.5. The molecule has 1 saturated heterocycles. The van der Waals surface area contributed by atoms with Crippen LogP contribution in [0.4, 0.5) is 4.39 Å². The van der Waals surface area contributed by atoms with Crippen molar-refractivity contribution in [2.75, 3.05) is 19.6 Å². The Morgan fingerprint density at radius 1 is 1.35 bits per heavy atom. The van der Waals surface area contributed by atoms with Crippen LogP contribution in [0.15, 0.2) is 24.3 Å². The summed E-state index contributed by atoms with van der Waals surface area (Å²) in [6, 6.07) is 8.09. The maximum Gasteiger partial charge on any atom is 0.123 e. The van der Waals surface area contributed by atoms with Crippen molar-refractivity contribution in [3.63, 3.8) is 0 Å². The molecule has 1 aliphatic heterocycles. The van der Waals surface area contributed by atoms with Gasteiger partial charge in [0.1, 0.15) is 5.82 Å². The van der Waals surface area contributed by atoms with Gasteiger partial charge in [0.2, 0.25) is 0 Å². The third-order valence-corrected chi connectivity index (χ3v) is 4.20. The van der Waals surface area contributed by atoms with E-state index >= 15 is 0 Å². The van der Waals surface area contributed by atoms with Crippen molar-refractivity contribution in [2.45, 2.75) is 51.6 Å². The molecule has 112 valence electrons. The van der Waals surface area contributed by atoms with E-state index in [1.54, 1.807) is 12.1 Å². The van der Waals surface area contributed by atoms with E-state index in [0.29, 0.717) is 12.1 Å². The summed E-state index contributed by atoms with van der Waals surface area (Å²) in [5.41, 5.74) is 1.22. The lowest BCUT2D eigenvalue weighted by molar-refractivity contribution is 0.190. The number of halogens is 1. The number of nitrogens with zero attached hydrogens (tertiary/aromatic N) is 1. The zero-order chi connectivity index (χ0) is 14.4. The van der Waals surface area contributed by atoms with Gasteiger partial charge in [-0.3, -0.25) is 4.90 Å². The highest BCUT2D eigenvalue weighted by atomic mass is 19.1. The maximum atomic E-state index is 13.0. The minimum Gasteiger partial charge on any atom is -0.313 e. The molecule has 1 fully saturated rings. The van der Waals surface area contributed by atoms with Crippen LogP contribution in [0.2, 0.25) is 0 Å². The van der Waals surface area contributed by atoms with Crippen LogP contribution >= 0.6 is 0 Å². The van der Waals surface area contributed by atoms with Crippen molar-refractivity contribution >= 4 is 0 Å². The second-order valence-electron chi connectivity index (χ2n) is 5.97. The van der Waals surface area contributed by atoms with Gasteiger partial charge in [-0.15, -0.1) is 0 Å². The van der Waals surface area contributed by atoms with E-state index < -0.39 is 0 Å². The lowest BCUT2D eigenvalue weighted by Crippen LogP contribution is -2.43. The van der Waals surface area contributed by atoms with Crippen LogP contribution in [0.1, 0.15) is 38.7 Å². The van der Waals surface area contributed by atoms with Gasteiger partial charge in [-0.05, 0) is 63.4 Å². The maximum absolute atomic E-state index is 13.0. The summed E-state index contributed by atoms with van der Waals surface area (Å²) < 4.78 is 13.0. The molecule has 0 bridgehead atoms. The van der Waals surface area contributed by atoms with Gasteiger partial charge >= 0.3 is 0 Å². The second-order valence-corrected chi connectivity index (χ2v) is 5.97. The van der Waals surface area contributed by atoms with Gasteiger partial charge < -0.3 is 5.32 Å². The highest BCUT2D eigenvalue weighted by Gasteiger charge is 2.21. The van der Waals surface area contributed by atoms with Gasteiger partial charge in [0.05, 0.1) is 0 Å². The van der Waals surface area contributed by atoms with Gasteiger partial charge in [-0.2, -0.15) is 0 Å². The fraction of sp³-hybridized carbons (Fsp3) is 0.647. The van der Waals surface area contributed by atoms with Gasteiger partial charge in [0.15, 0.2) is 0 Å². The van der Waals surface area contributed by atoms with E-state index in [-0.39, 0.29) is 5.82 Å². The highest BCUT2D eigenvalue weighted by molar-refractivity contribution is 5.17. The zero-order valence-electron chi connectivity index (χ0n) is 12.7. The Morgan fingerprint density at radius 2 is 2.10 bits per heavy atom. The molecule has 0 radical (unpaired) electrons. The standard InChI is InChI=1S/C17H27FN2/c1-3-11-20(13-17-5-4-10-19-17)14(2)12-15-6-8-16(18)9-7-15/h6-9,14,17,19H,3-5,10-13H2,1-2H3. The molecule has 1 aromatic rings. The number of rotatable bonds is 7. The average molecular weight is 278 g/mol. The quantitative estimate of drug-likeness (QED) is 0.824. The summed E-state index contributed by atoms with van der Waals surface area (Å²) in [4.78, 5) is 2.58. The Bertz CT molecular complexity index is 384. The molecule has 20 heavy (non-hydrogen) atoms. The Kier molecular flexibility index (Phi) is 5.99. The Hall–Kier alpha value is -0.930. The van der Waals surface area contributed by atoms with E-state index in [2.05, 4.69) is 24.1 Å². The molecule has 0 amide bonds. The van der Waals surface area contributed by atoms with Gasteiger partial charge in [0, 0.05) is 18.6 Å². The minimum atomic E-state index is -0.151. The molecule has 1 aliphatic rings. The van der Waals surface area contributed by atoms with Crippen molar-refractivity contribution in [3.8, 4) is 0 Å². The van der Waals surface area contributed by atoms with Crippen molar-refractivity contribution in [1.29, 1.82) is 0 Å². The van der Waals surface area contributed by atoms with Gasteiger partial charge in [-0.25, -0.2) is 4.39 Å². The molecule has 1 heterocycles. The summed E-state index contributed by atoms with van der Waals surface area (Å²) in [5, 5.41) is 3.58. The third kappa shape index (κ3) is 4.57. The smallest absolute Gasteiger partial charge is 0.123 e. The Labute approximate surface area is 122 Å². The van der Waals surface area contributed by atoms with Crippen LogP contribution in [-0.4, -0.2) is 36.6 Å². The lowest BCUT2D eigenvalue weighted by Gasteiger charge is -2.31. The average Bonchev–Trinajstić information content (AvgIpc) is 2.94. The van der Waals surface area contributed by atoms with Crippen LogP contribution in [0.25, 0.3) is 0 Å². The predicted molar refractivity (Wildman–Crippen MR) is 82.5 cm³/mol. The van der Waals surface area contributed by atoms with Crippen molar-refractivity contribution in [3.05, 3.63) is 35.6 Å². The number of nitrogens with one attached hydrogen (secondary N) is 1.